The van der Waals surface area contributed by atoms with Gasteiger partial charge in [0.15, 0.2) is 27.9 Å². The van der Waals surface area contributed by atoms with Crippen LogP contribution in [0.2, 0.25) is 0 Å². The summed E-state index contributed by atoms with van der Waals surface area (Å²) in [7, 11) is 0. The summed E-state index contributed by atoms with van der Waals surface area (Å²) in [5.41, 5.74) is 9.45. The summed E-state index contributed by atoms with van der Waals surface area (Å²) in [5.74, 6) is 1.54. The first-order chi connectivity index (χ1) is 14.6. The highest BCUT2D eigenvalue weighted by Gasteiger charge is 2.23. The van der Waals surface area contributed by atoms with Gasteiger partial charge in [-0.05, 0) is 65.6 Å². The van der Waals surface area contributed by atoms with Crippen LogP contribution in [0.15, 0.2) is 28.5 Å². The lowest BCUT2D eigenvalue weighted by molar-refractivity contribution is 0.0994. The van der Waals surface area contributed by atoms with Gasteiger partial charge >= 0.3 is 0 Å². The van der Waals surface area contributed by atoms with E-state index in [-0.39, 0.29) is 5.78 Å². The van der Waals surface area contributed by atoms with Crippen LogP contribution in [0.25, 0.3) is 11.2 Å². The van der Waals surface area contributed by atoms with Crippen molar-refractivity contribution >= 4 is 57.1 Å². The zero-order valence-electron chi connectivity index (χ0n) is 16.5. The molecule has 0 radical (unpaired) electrons. The number of anilines is 1. The molecule has 0 aliphatic heterocycles. The number of nitrogens with two attached hydrogens (primary N) is 1. The number of rotatable bonds is 8. The summed E-state index contributed by atoms with van der Waals surface area (Å²) in [6.45, 7) is 2.64. The van der Waals surface area contributed by atoms with Crippen molar-refractivity contribution in [1.82, 2.24) is 24.8 Å². The fourth-order valence-corrected chi connectivity index (χ4v) is 5.68. The second kappa shape index (κ2) is 8.43. The van der Waals surface area contributed by atoms with Gasteiger partial charge in [0.1, 0.15) is 6.33 Å². The van der Waals surface area contributed by atoms with E-state index < -0.39 is 0 Å². The van der Waals surface area contributed by atoms with Gasteiger partial charge < -0.3 is 15.6 Å². The van der Waals surface area contributed by atoms with Crippen LogP contribution in [0.4, 0.5) is 5.82 Å². The van der Waals surface area contributed by atoms with E-state index in [2.05, 4.69) is 48.5 Å². The van der Waals surface area contributed by atoms with Crippen LogP contribution in [-0.4, -0.2) is 38.4 Å². The quantitative estimate of drug-likeness (QED) is 0.336. The summed E-state index contributed by atoms with van der Waals surface area (Å²) >= 11 is 3.91. The first-order valence-corrected chi connectivity index (χ1v) is 12.2. The summed E-state index contributed by atoms with van der Waals surface area (Å²) in [6, 6.07) is 4.15. The number of fused-ring (bicyclic) bond motifs is 2. The Labute approximate surface area is 192 Å². The van der Waals surface area contributed by atoms with E-state index in [1.54, 1.807) is 11.8 Å². The molecule has 2 aromatic heterocycles. The number of benzene rings is 1. The van der Waals surface area contributed by atoms with Gasteiger partial charge in [-0.15, -0.1) is 0 Å². The number of aromatic nitrogens is 4. The van der Waals surface area contributed by atoms with Crippen LogP contribution in [0.5, 0.6) is 0 Å². The van der Waals surface area contributed by atoms with E-state index in [1.165, 1.54) is 25.6 Å². The zero-order chi connectivity index (χ0) is 20.7. The van der Waals surface area contributed by atoms with Crippen molar-refractivity contribution in [2.75, 3.05) is 18.8 Å². The standard InChI is InChI=1S/C21H23IN6OS/c22-15-9-13-3-4-16(29)14(13)10-17(15)30-21-27-18-19(23)25-11-26-20(18)28(21)8-7-24-6-5-12-1-2-12/h9-12,24H,1-8H2,(H2,23,25,26). The number of nitrogens with one attached hydrogen (secondary N) is 1. The molecule has 156 valence electrons. The highest BCUT2D eigenvalue weighted by molar-refractivity contribution is 14.1. The molecule has 2 aliphatic carbocycles. The largest absolute Gasteiger partial charge is 0.382 e. The monoisotopic (exact) mass is 534 g/mol. The number of halogens is 1. The van der Waals surface area contributed by atoms with E-state index >= 15 is 0 Å². The number of hydrogen-bond donors (Lipinski definition) is 2. The third-order valence-electron chi connectivity index (χ3n) is 5.74. The predicted octanol–water partition coefficient (Wildman–Crippen LogP) is 3.68. The summed E-state index contributed by atoms with van der Waals surface area (Å²) in [6.07, 6.45) is 6.95. The van der Waals surface area contributed by atoms with Gasteiger partial charge in [-0.25, -0.2) is 15.0 Å². The molecule has 0 spiro atoms. The summed E-state index contributed by atoms with van der Waals surface area (Å²) in [5, 5.41) is 4.36. The van der Waals surface area contributed by atoms with E-state index in [1.807, 2.05) is 6.07 Å². The molecule has 1 fully saturated rings. The van der Waals surface area contributed by atoms with Crippen LogP contribution < -0.4 is 11.1 Å². The van der Waals surface area contributed by atoms with Crippen molar-refractivity contribution in [1.29, 1.82) is 0 Å². The molecule has 5 rings (SSSR count). The summed E-state index contributed by atoms with van der Waals surface area (Å²) in [4.78, 5) is 26.6. The minimum atomic E-state index is 0.228. The van der Waals surface area contributed by atoms with Crippen LogP contribution in [0, 0.1) is 9.49 Å². The maximum absolute atomic E-state index is 12.2. The van der Waals surface area contributed by atoms with Crippen molar-refractivity contribution in [3.8, 4) is 0 Å². The second-order valence-corrected chi connectivity index (χ2v) is 10.1. The Kier molecular flexibility index (Phi) is 5.67. The number of Topliss-reactive ketones (excluding diaryl/α,β-unsaturated/α-hetero) is 1. The molecule has 3 aromatic rings. The second-order valence-electron chi connectivity index (χ2n) is 7.92. The lowest BCUT2D eigenvalue weighted by Crippen LogP contribution is -2.21. The zero-order valence-corrected chi connectivity index (χ0v) is 19.5. The summed E-state index contributed by atoms with van der Waals surface area (Å²) < 4.78 is 3.24. The number of aryl methyl sites for hydroxylation is 1. The maximum atomic E-state index is 12.2. The topological polar surface area (TPSA) is 98.7 Å². The lowest BCUT2D eigenvalue weighted by atomic mass is 10.1. The number of carbonyl (C=O) groups excluding carboxylic acids is 1. The van der Waals surface area contributed by atoms with Crippen LogP contribution in [0.1, 0.15) is 41.6 Å². The Bertz CT molecular complexity index is 1130. The third kappa shape index (κ3) is 4.06. The normalized spacial score (nSPS) is 15.8. The minimum absolute atomic E-state index is 0.228. The van der Waals surface area contributed by atoms with Crippen LogP contribution in [-0.2, 0) is 13.0 Å². The molecule has 0 unspecified atom stereocenters. The molecular weight excluding hydrogens is 511 g/mol. The molecule has 0 saturated heterocycles. The van der Waals surface area contributed by atoms with Gasteiger partial charge in [0, 0.05) is 33.5 Å². The predicted molar refractivity (Wildman–Crippen MR) is 126 cm³/mol. The molecule has 1 aromatic carbocycles. The number of imidazole rings is 1. The first kappa shape index (κ1) is 20.2. The SMILES string of the molecule is Nc1ncnc2c1nc(Sc1cc3c(cc1I)CCC3=O)n2CCNCCC1CC1. The molecule has 2 aliphatic rings. The van der Waals surface area contributed by atoms with Crippen LogP contribution in [0.3, 0.4) is 0 Å². The highest BCUT2D eigenvalue weighted by atomic mass is 127. The molecule has 2 heterocycles. The number of ketones is 1. The molecule has 0 bridgehead atoms. The van der Waals surface area contributed by atoms with Crippen molar-refractivity contribution in [2.45, 2.75) is 48.7 Å². The highest BCUT2D eigenvalue weighted by Crippen LogP contribution is 2.37. The Balaban J connectivity index is 1.42. The smallest absolute Gasteiger partial charge is 0.175 e. The number of hydrogen-bond acceptors (Lipinski definition) is 7. The van der Waals surface area contributed by atoms with E-state index in [4.69, 9.17) is 10.7 Å². The van der Waals surface area contributed by atoms with Crippen molar-refractivity contribution in [3.63, 3.8) is 0 Å². The molecule has 3 N–H and O–H groups in total. The van der Waals surface area contributed by atoms with Crippen LogP contribution >= 0.6 is 34.4 Å². The molecular formula is C21H23IN6OS. The molecule has 9 heteroatoms. The number of nitrogens with zero attached hydrogens (tertiary/aromatic N) is 4. The van der Waals surface area contributed by atoms with E-state index in [0.717, 1.165) is 62.4 Å². The molecule has 0 atom stereocenters. The Hall–Kier alpha value is -1.72. The number of carbonyl (C=O) groups is 1. The Morgan fingerprint density at radius 1 is 1.23 bits per heavy atom. The lowest BCUT2D eigenvalue weighted by Gasteiger charge is -2.11. The third-order valence-corrected chi connectivity index (χ3v) is 8.05. The first-order valence-electron chi connectivity index (χ1n) is 10.3. The van der Waals surface area contributed by atoms with Crippen molar-refractivity contribution < 1.29 is 4.79 Å². The van der Waals surface area contributed by atoms with Gasteiger partial charge in [-0.1, -0.05) is 24.6 Å². The Morgan fingerprint density at radius 2 is 2.10 bits per heavy atom. The van der Waals surface area contributed by atoms with Gasteiger partial charge in [-0.2, -0.15) is 0 Å². The minimum Gasteiger partial charge on any atom is -0.382 e. The van der Waals surface area contributed by atoms with Crippen molar-refractivity contribution in [2.24, 2.45) is 5.92 Å². The van der Waals surface area contributed by atoms with Gasteiger partial charge in [-0.3, -0.25) is 4.79 Å². The van der Waals surface area contributed by atoms with Crippen molar-refractivity contribution in [3.05, 3.63) is 33.2 Å². The molecule has 30 heavy (non-hydrogen) atoms. The fraction of sp³-hybridized carbons (Fsp3) is 0.429. The molecule has 0 amide bonds. The van der Waals surface area contributed by atoms with Gasteiger partial charge in [0.2, 0.25) is 0 Å². The number of nitrogen functional groups attached to an aromatic ring is 1. The van der Waals surface area contributed by atoms with Gasteiger partial charge in [0.25, 0.3) is 0 Å². The van der Waals surface area contributed by atoms with E-state index in [9.17, 15) is 4.79 Å². The van der Waals surface area contributed by atoms with Gasteiger partial charge in [0.05, 0.1) is 0 Å². The fourth-order valence-electron chi connectivity index (χ4n) is 3.86. The molecule has 1 saturated carbocycles. The average Bonchev–Trinajstić information content (AvgIpc) is 3.40. The maximum Gasteiger partial charge on any atom is 0.175 e. The molecule has 7 nitrogen and oxygen atoms in total. The Morgan fingerprint density at radius 3 is 2.93 bits per heavy atom. The average molecular weight is 534 g/mol. The van der Waals surface area contributed by atoms with E-state index in [0.29, 0.717) is 17.8 Å².